The lowest BCUT2D eigenvalue weighted by atomic mass is 10.1. The Morgan fingerprint density at radius 1 is 1.33 bits per heavy atom. The zero-order valence-electron chi connectivity index (χ0n) is 8.43. The first-order valence-corrected chi connectivity index (χ1v) is 4.82. The molecular formula is C10H20O2. The van der Waals surface area contributed by atoms with Crippen LogP contribution in [0.2, 0.25) is 0 Å². The van der Waals surface area contributed by atoms with E-state index >= 15 is 0 Å². The molecular weight excluding hydrogens is 152 g/mol. The lowest BCUT2D eigenvalue weighted by Gasteiger charge is -2.05. The van der Waals surface area contributed by atoms with Crippen molar-refractivity contribution >= 4 is 5.97 Å². The van der Waals surface area contributed by atoms with Crippen molar-refractivity contribution < 1.29 is 9.53 Å². The van der Waals surface area contributed by atoms with E-state index in [1.807, 2.05) is 13.8 Å². The SMILES string of the molecule is CCCCCOC(=O)CC(C)C. The fourth-order valence-corrected chi connectivity index (χ4v) is 0.930. The van der Waals surface area contributed by atoms with Crippen LogP contribution in [-0.2, 0) is 9.53 Å². The molecule has 0 saturated heterocycles. The molecule has 0 saturated carbocycles. The van der Waals surface area contributed by atoms with E-state index in [0.29, 0.717) is 18.9 Å². The van der Waals surface area contributed by atoms with Crippen LogP contribution in [0.15, 0.2) is 0 Å². The van der Waals surface area contributed by atoms with Crippen LogP contribution in [0, 0.1) is 5.92 Å². The summed E-state index contributed by atoms with van der Waals surface area (Å²) in [4.78, 5) is 11.0. The molecule has 0 aliphatic heterocycles. The van der Waals surface area contributed by atoms with Crippen LogP contribution in [0.1, 0.15) is 46.5 Å². The quantitative estimate of drug-likeness (QED) is 0.455. The van der Waals surface area contributed by atoms with E-state index in [9.17, 15) is 4.79 Å². The molecule has 0 radical (unpaired) electrons. The van der Waals surface area contributed by atoms with Gasteiger partial charge in [0.25, 0.3) is 0 Å². The van der Waals surface area contributed by atoms with Crippen molar-refractivity contribution in [2.45, 2.75) is 46.5 Å². The van der Waals surface area contributed by atoms with Crippen LogP contribution in [-0.4, -0.2) is 12.6 Å². The maximum absolute atomic E-state index is 11.0. The van der Waals surface area contributed by atoms with Crippen molar-refractivity contribution in [1.82, 2.24) is 0 Å². The molecule has 0 aromatic rings. The van der Waals surface area contributed by atoms with Crippen LogP contribution in [0.3, 0.4) is 0 Å². The van der Waals surface area contributed by atoms with Gasteiger partial charge in [-0.2, -0.15) is 0 Å². The molecule has 2 heteroatoms. The minimum Gasteiger partial charge on any atom is -0.466 e. The smallest absolute Gasteiger partial charge is 0.306 e. The summed E-state index contributed by atoms with van der Waals surface area (Å²) in [5.74, 6) is 0.352. The molecule has 0 amide bonds. The van der Waals surface area contributed by atoms with E-state index in [1.54, 1.807) is 0 Å². The summed E-state index contributed by atoms with van der Waals surface area (Å²) in [5, 5.41) is 0. The standard InChI is InChI=1S/C10H20O2/c1-4-5-6-7-12-10(11)8-9(2)3/h9H,4-8H2,1-3H3. The normalized spacial score (nSPS) is 10.3. The van der Waals surface area contributed by atoms with E-state index in [4.69, 9.17) is 4.74 Å². The highest BCUT2D eigenvalue weighted by molar-refractivity contribution is 5.69. The predicted molar refractivity (Wildman–Crippen MR) is 49.9 cm³/mol. The van der Waals surface area contributed by atoms with E-state index < -0.39 is 0 Å². The summed E-state index contributed by atoms with van der Waals surface area (Å²) in [6.07, 6.45) is 3.86. The van der Waals surface area contributed by atoms with Gasteiger partial charge in [-0.05, 0) is 12.3 Å². The van der Waals surface area contributed by atoms with Gasteiger partial charge in [0.1, 0.15) is 0 Å². The number of carbonyl (C=O) groups excluding carboxylic acids is 1. The summed E-state index contributed by atoms with van der Waals surface area (Å²) < 4.78 is 5.02. The summed E-state index contributed by atoms with van der Waals surface area (Å²) in [7, 11) is 0. The largest absolute Gasteiger partial charge is 0.466 e. The van der Waals surface area contributed by atoms with Crippen LogP contribution >= 0.6 is 0 Å². The Kier molecular flexibility index (Phi) is 6.82. The topological polar surface area (TPSA) is 26.3 Å². The minimum atomic E-state index is -0.0545. The summed E-state index contributed by atoms with van der Waals surface area (Å²) >= 11 is 0. The third-order valence-electron chi connectivity index (χ3n) is 1.59. The van der Waals surface area contributed by atoms with Gasteiger partial charge in [0.2, 0.25) is 0 Å². The number of ether oxygens (including phenoxy) is 1. The molecule has 0 rings (SSSR count). The molecule has 0 aliphatic carbocycles. The van der Waals surface area contributed by atoms with E-state index in [0.717, 1.165) is 12.8 Å². The number of unbranched alkanes of at least 4 members (excludes halogenated alkanes) is 2. The van der Waals surface area contributed by atoms with Crippen molar-refractivity contribution in [3.05, 3.63) is 0 Å². The fourth-order valence-electron chi connectivity index (χ4n) is 0.930. The second kappa shape index (κ2) is 7.14. The molecule has 72 valence electrons. The van der Waals surface area contributed by atoms with Gasteiger partial charge in [0.05, 0.1) is 6.61 Å². The molecule has 0 heterocycles. The second-order valence-corrected chi connectivity index (χ2v) is 3.53. The average molecular weight is 172 g/mol. The number of esters is 1. The maximum Gasteiger partial charge on any atom is 0.306 e. The number of rotatable bonds is 6. The molecule has 0 N–H and O–H groups in total. The van der Waals surface area contributed by atoms with Crippen LogP contribution in [0.25, 0.3) is 0 Å². The monoisotopic (exact) mass is 172 g/mol. The second-order valence-electron chi connectivity index (χ2n) is 3.53. The lowest BCUT2D eigenvalue weighted by molar-refractivity contribution is -0.144. The molecule has 0 bridgehead atoms. The Labute approximate surface area is 75.3 Å². The summed E-state index contributed by atoms with van der Waals surface area (Å²) in [6.45, 7) is 6.77. The van der Waals surface area contributed by atoms with Crippen molar-refractivity contribution in [1.29, 1.82) is 0 Å². The Balaban J connectivity index is 3.20. The maximum atomic E-state index is 11.0. The van der Waals surface area contributed by atoms with Gasteiger partial charge in [-0.15, -0.1) is 0 Å². The van der Waals surface area contributed by atoms with Gasteiger partial charge < -0.3 is 4.74 Å². The molecule has 12 heavy (non-hydrogen) atoms. The lowest BCUT2D eigenvalue weighted by Crippen LogP contribution is -2.08. The highest BCUT2D eigenvalue weighted by Crippen LogP contribution is 2.02. The Morgan fingerprint density at radius 3 is 2.50 bits per heavy atom. The molecule has 2 nitrogen and oxygen atoms in total. The van der Waals surface area contributed by atoms with E-state index in [2.05, 4.69) is 6.92 Å². The summed E-state index contributed by atoms with van der Waals surface area (Å²) in [6, 6.07) is 0. The van der Waals surface area contributed by atoms with Crippen molar-refractivity contribution in [2.24, 2.45) is 5.92 Å². The van der Waals surface area contributed by atoms with Crippen molar-refractivity contribution in [2.75, 3.05) is 6.61 Å². The van der Waals surface area contributed by atoms with Gasteiger partial charge in [-0.3, -0.25) is 4.79 Å². The first kappa shape index (κ1) is 11.5. The van der Waals surface area contributed by atoms with Crippen LogP contribution in [0.4, 0.5) is 0 Å². The summed E-state index contributed by atoms with van der Waals surface area (Å²) in [5.41, 5.74) is 0. The minimum absolute atomic E-state index is 0.0545. The number of carbonyl (C=O) groups is 1. The molecule has 0 unspecified atom stereocenters. The first-order chi connectivity index (χ1) is 5.66. The zero-order chi connectivity index (χ0) is 9.40. The Bertz CT molecular complexity index is 119. The van der Waals surface area contributed by atoms with Gasteiger partial charge in [0.15, 0.2) is 0 Å². The van der Waals surface area contributed by atoms with Gasteiger partial charge in [-0.25, -0.2) is 0 Å². The third kappa shape index (κ3) is 7.58. The van der Waals surface area contributed by atoms with Gasteiger partial charge >= 0.3 is 5.97 Å². The van der Waals surface area contributed by atoms with Gasteiger partial charge in [0, 0.05) is 6.42 Å². The van der Waals surface area contributed by atoms with Gasteiger partial charge in [-0.1, -0.05) is 33.6 Å². The van der Waals surface area contributed by atoms with Crippen LogP contribution in [0.5, 0.6) is 0 Å². The third-order valence-corrected chi connectivity index (χ3v) is 1.59. The molecule has 0 aromatic heterocycles. The molecule has 0 aromatic carbocycles. The Morgan fingerprint density at radius 2 is 2.00 bits per heavy atom. The molecule has 0 atom stereocenters. The molecule has 0 aliphatic rings. The highest BCUT2D eigenvalue weighted by atomic mass is 16.5. The zero-order valence-corrected chi connectivity index (χ0v) is 8.43. The van der Waals surface area contributed by atoms with E-state index in [-0.39, 0.29) is 5.97 Å². The first-order valence-electron chi connectivity index (χ1n) is 4.82. The highest BCUT2D eigenvalue weighted by Gasteiger charge is 2.04. The average Bonchev–Trinajstić information content (AvgIpc) is 1.97. The number of hydrogen-bond donors (Lipinski definition) is 0. The van der Waals surface area contributed by atoms with Crippen LogP contribution < -0.4 is 0 Å². The molecule has 0 spiro atoms. The predicted octanol–water partition coefficient (Wildman–Crippen LogP) is 2.77. The molecule has 0 fully saturated rings. The van der Waals surface area contributed by atoms with Crippen molar-refractivity contribution in [3.63, 3.8) is 0 Å². The van der Waals surface area contributed by atoms with E-state index in [1.165, 1.54) is 6.42 Å². The number of hydrogen-bond acceptors (Lipinski definition) is 2. The van der Waals surface area contributed by atoms with Crippen molar-refractivity contribution in [3.8, 4) is 0 Å². The Hall–Kier alpha value is -0.530. The fraction of sp³-hybridized carbons (Fsp3) is 0.900.